The largest absolute Gasteiger partial charge is 0.356 e. The number of aromatic nitrogens is 5. The number of carbonyl (C=O) groups is 1. The van der Waals surface area contributed by atoms with Crippen molar-refractivity contribution >= 4 is 28.4 Å². The molecule has 0 bridgehead atoms. The molecule has 2 aliphatic heterocycles. The molecule has 3 aliphatic rings. The summed E-state index contributed by atoms with van der Waals surface area (Å²) < 4.78 is 18.0. The Hall–Kier alpha value is -3.61. The number of halogens is 2. The molecule has 0 spiro atoms. The minimum atomic E-state index is -0.967. The molecule has 5 heterocycles. The molecular formula is C30H31ClFN7O. The van der Waals surface area contributed by atoms with Crippen LogP contribution in [-0.2, 0) is 13.0 Å². The third-order valence-corrected chi connectivity index (χ3v) is 8.63. The van der Waals surface area contributed by atoms with Crippen LogP contribution in [-0.4, -0.2) is 61.4 Å². The second-order valence-corrected chi connectivity index (χ2v) is 11.7. The Morgan fingerprint density at radius 2 is 2.02 bits per heavy atom. The number of hydrogen-bond donors (Lipinski definition) is 2. The van der Waals surface area contributed by atoms with Crippen LogP contribution in [0.1, 0.15) is 71.0 Å². The number of rotatable bonds is 5. The fraction of sp³-hybridized carbons (Fsp3) is 0.433. The molecule has 7 rings (SSSR count). The van der Waals surface area contributed by atoms with Gasteiger partial charge in [0.25, 0.3) is 5.91 Å². The number of hydrogen-bond acceptors (Lipinski definition) is 4. The molecule has 1 aromatic carbocycles. The molecule has 2 atom stereocenters. The van der Waals surface area contributed by atoms with Gasteiger partial charge in [-0.05, 0) is 69.3 Å². The number of fused-ring (bicyclic) bond motifs is 2. The molecular weight excluding hydrogens is 529 g/mol. The first-order chi connectivity index (χ1) is 19.4. The molecule has 3 aromatic heterocycles. The van der Waals surface area contributed by atoms with E-state index in [2.05, 4.69) is 44.2 Å². The van der Waals surface area contributed by atoms with Crippen LogP contribution in [0.25, 0.3) is 10.9 Å². The lowest BCUT2D eigenvalue weighted by molar-refractivity contribution is 0.0936. The molecule has 1 aliphatic carbocycles. The molecule has 206 valence electrons. The molecule has 2 N–H and O–H groups in total. The average molecular weight is 560 g/mol. The third kappa shape index (κ3) is 4.69. The summed E-state index contributed by atoms with van der Waals surface area (Å²) in [5.74, 6) is 6.59. The number of H-pyrrole nitrogens is 1. The Labute approximate surface area is 236 Å². The smallest absolute Gasteiger partial charge is 0.274 e. The van der Waals surface area contributed by atoms with Crippen LogP contribution in [0.2, 0.25) is 5.02 Å². The van der Waals surface area contributed by atoms with Gasteiger partial charge < -0.3 is 19.8 Å². The van der Waals surface area contributed by atoms with E-state index >= 15 is 0 Å². The maximum Gasteiger partial charge on any atom is 0.274 e. The Balaban J connectivity index is 1.23. The number of para-hydroxylation sites is 1. The first-order valence-corrected chi connectivity index (χ1v) is 14.4. The van der Waals surface area contributed by atoms with Gasteiger partial charge in [0.05, 0.1) is 24.6 Å². The van der Waals surface area contributed by atoms with E-state index in [1.54, 1.807) is 6.33 Å². The predicted octanol–water partition coefficient (Wildman–Crippen LogP) is 4.66. The molecule has 10 heteroatoms. The summed E-state index contributed by atoms with van der Waals surface area (Å²) in [6.45, 7) is 2.32. The Morgan fingerprint density at radius 3 is 2.80 bits per heavy atom. The second kappa shape index (κ2) is 10.1. The van der Waals surface area contributed by atoms with E-state index < -0.39 is 18.1 Å². The van der Waals surface area contributed by atoms with Gasteiger partial charge in [0, 0.05) is 29.2 Å². The Kier molecular flexibility index (Phi) is 6.40. The number of nitrogens with one attached hydrogen (secondary N) is 2. The molecule has 8 nitrogen and oxygen atoms in total. The number of nitrogens with zero attached hydrogens (tertiary/aromatic N) is 5. The topological polar surface area (TPSA) is 83.8 Å². The highest BCUT2D eigenvalue weighted by Gasteiger charge is 2.34. The number of benzene rings is 1. The van der Waals surface area contributed by atoms with Crippen LogP contribution in [0.5, 0.6) is 0 Å². The quantitative estimate of drug-likeness (QED) is 0.349. The van der Waals surface area contributed by atoms with Gasteiger partial charge in [0.2, 0.25) is 0 Å². The van der Waals surface area contributed by atoms with Crippen molar-refractivity contribution in [1.82, 2.24) is 34.5 Å². The lowest BCUT2D eigenvalue weighted by Crippen LogP contribution is -2.31. The summed E-state index contributed by atoms with van der Waals surface area (Å²) in [7, 11) is 2.13. The minimum absolute atomic E-state index is 0.154. The van der Waals surface area contributed by atoms with Crippen molar-refractivity contribution in [2.75, 3.05) is 20.1 Å². The van der Waals surface area contributed by atoms with Crippen molar-refractivity contribution in [3.8, 4) is 11.8 Å². The maximum atomic E-state index is 14.3. The van der Waals surface area contributed by atoms with Gasteiger partial charge in [-0.2, -0.15) is 5.10 Å². The normalized spacial score (nSPS) is 20.3. The number of amides is 1. The minimum Gasteiger partial charge on any atom is -0.356 e. The lowest BCUT2D eigenvalue weighted by atomic mass is 9.98. The number of imidazole rings is 1. The van der Waals surface area contributed by atoms with Crippen LogP contribution in [0.15, 0.2) is 36.7 Å². The van der Waals surface area contributed by atoms with E-state index in [1.807, 2.05) is 39.6 Å². The van der Waals surface area contributed by atoms with Crippen LogP contribution < -0.4 is 5.32 Å². The van der Waals surface area contributed by atoms with Crippen LogP contribution in [0.3, 0.4) is 0 Å². The number of likely N-dealkylation sites (tertiary alicyclic amines) is 1. The van der Waals surface area contributed by atoms with Crippen molar-refractivity contribution in [1.29, 1.82) is 0 Å². The third-order valence-electron chi connectivity index (χ3n) is 8.27. The zero-order valence-corrected chi connectivity index (χ0v) is 23.1. The van der Waals surface area contributed by atoms with Crippen LogP contribution >= 0.6 is 11.6 Å². The summed E-state index contributed by atoms with van der Waals surface area (Å²) in [5, 5.41) is 9.08. The van der Waals surface area contributed by atoms with Crippen molar-refractivity contribution in [3.05, 3.63) is 70.2 Å². The summed E-state index contributed by atoms with van der Waals surface area (Å²) in [5.41, 5.74) is 3.88. The fourth-order valence-electron chi connectivity index (χ4n) is 5.85. The highest BCUT2D eigenvalue weighted by Crippen LogP contribution is 2.38. The number of aromatic amines is 1. The van der Waals surface area contributed by atoms with Crippen molar-refractivity contribution in [2.45, 2.75) is 56.9 Å². The van der Waals surface area contributed by atoms with E-state index in [4.69, 9.17) is 11.6 Å². The Morgan fingerprint density at radius 1 is 1.23 bits per heavy atom. The molecule has 1 saturated heterocycles. The summed E-state index contributed by atoms with van der Waals surface area (Å²) in [6.07, 6.45) is 4.97. The number of carbonyl (C=O) groups excluding carboxylic acids is 1. The van der Waals surface area contributed by atoms with Gasteiger partial charge in [-0.3, -0.25) is 9.48 Å². The van der Waals surface area contributed by atoms with Crippen LogP contribution in [0, 0.1) is 17.8 Å². The number of alkyl halides is 1. The molecule has 40 heavy (non-hydrogen) atoms. The van der Waals surface area contributed by atoms with Crippen molar-refractivity contribution < 1.29 is 9.18 Å². The van der Waals surface area contributed by atoms with E-state index in [0.717, 1.165) is 61.1 Å². The molecule has 1 unspecified atom stereocenters. The first-order valence-electron chi connectivity index (χ1n) is 14.0. The number of piperidine rings is 1. The standard InChI is InChI=1S/C30H31ClFN7O/c1-37-12-10-18(11-13-37)6-9-24-26(31)29(36-39(24)21-7-8-21)30(40)35-27(23-14-19-4-2-3-5-22(19)34-23)28-25-15-20(32)16-38(25)17-33-28/h2-5,14,17-18,20-21,27,34H,7-8,10-13,15-16H2,1H3,(H,35,40)/t20-,27?/m1/s1. The molecule has 1 saturated carbocycles. The summed E-state index contributed by atoms with van der Waals surface area (Å²) in [4.78, 5) is 24.2. The van der Waals surface area contributed by atoms with Gasteiger partial charge in [-0.1, -0.05) is 35.7 Å². The summed E-state index contributed by atoms with van der Waals surface area (Å²) >= 11 is 6.84. The SMILES string of the molecule is CN1CCC(C#Cc2c(Cl)c(C(=O)NC(c3cc4ccccc4[nH]3)c3ncn4c3C[C@@H](F)C4)nn2C2CC2)CC1. The molecule has 0 radical (unpaired) electrons. The summed E-state index contributed by atoms with van der Waals surface area (Å²) in [6, 6.07) is 9.49. The van der Waals surface area contributed by atoms with Crippen LogP contribution in [0.4, 0.5) is 4.39 Å². The van der Waals surface area contributed by atoms with E-state index in [0.29, 0.717) is 17.3 Å². The van der Waals surface area contributed by atoms with E-state index in [9.17, 15) is 9.18 Å². The van der Waals surface area contributed by atoms with E-state index in [1.165, 1.54) is 0 Å². The van der Waals surface area contributed by atoms with Crippen molar-refractivity contribution in [2.24, 2.45) is 5.92 Å². The molecule has 2 fully saturated rings. The highest BCUT2D eigenvalue weighted by atomic mass is 35.5. The fourth-order valence-corrected chi connectivity index (χ4v) is 6.11. The zero-order valence-electron chi connectivity index (χ0n) is 22.3. The average Bonchev–Trinajstić information content (AvgIpc) is 3.24. The lowest BCUT2D eigenvalue weighted by Gasteiger charge is -2.25. The van der Waals surface area contributed by atoms with Gasteiger partial charge in [-0.15, -0.1) is 0 Å². The molecule has 1 amide bonds. The Bertz CT molecular complexity index is 1610. The predicted molar refractivity (Wildman–Crippen MR) is 151 cm³/mol. The van der Waals surface area contributed by atoms with Gasteiger partial charge in [-0.25, -0.2) is 9.37 Å². The highest BCUT2D eigenvalue weighted by molar-refractivity contribution is 6.34. The van der Waals surface area contributed by atoms with Gasteiger partial charge in [0.15, 0.2) is 5.69 Å². The first kappa shape index (κ1) is 25.4. The van der Waals surface area contributed by atoms with Gasteiger partial charge >= 0.3 is 0 Å². The molecule has 4 aromatic rings. The monoisotopic (exact) mass is 559 g/mol. The van der Waals surface area contributed by atoms with E-state index in [-0.39, 0.29) is 29.7 Å². The van der Waals surface area contributed by atoms with Crippen molar-refractivity contribution in [3.63, 3.8) is 0 Å². The van der Waals surface area contributed by atoms with Gasteiger partial charge in [0.1, 0.15) is 22.9 Å². The zero-order chi connectivity index (χ0) is 27.4. The second-order valence-electron chi connectivity index (χ2n) is 11.3. The maximum absolute atomic E-state index is 14.3.